The highest BCUT2D eigenvalue weighted by Crippen LogP contribution is 2.26. The van der Waals surface area contributed by atoms with Crippen LogP contribution in [-0.2, 0) is 0 Å². The van der Waals surface area contributed by atoms with Gasteiger partial charge in [-0.05, 0) is 40.1 Å². The predicted octanol–water partition coefficient (Wildman–Crippen LogP) is 5.37. The number of rotatable bonds is 4. The fraction of sp³-hybridized carbons (Fsp3) is 0.211. The fourth-order valence-corrected chi connectivity index (χ4v) is 2.68. The van der Waals surface area contributed by atoms with Gasteiger partial charge >= 0.3 is 0 Å². The van der Waals surface area contributed by atoms with Crippen LogP contribution in [0, 0.1) is 0 Å². The second-order valence-corrected chi connectivity index (χ2v) is 5.25. The van der Waals surface area contributed by atoms with E-state index in [2.05, 4.69) is 37.3 Å². The molecule has 100 valence electrons. The molecular formula is C19H18O. The molecular weight excluding hydrogens is 244 g/mol. The molecule has 3 aromatic carbocycles. The number of benzene rings is 3. The molecule has 0 fully saturated rings. The first-order valence-corrected chi connectivity index (χ1v) is 7.24. The third-order valence-corrected chi connectivity index (χ3v) is 3.80. The largest absolute Gasteiger partial charge is 0.294 e. The molecule has 0 spiro atoms. The molecule has 1 heteroatoms. The van der Waals surface area contributed by atoms with Gasteiger partial charge in [0, 0.05) is 12.0 Å². The van der Waals surface area contributed by atoms with Crippen molar-refractivity contribution in [3.05, 3.63) is 60.2 Å². The van der Waals surface area contributed by atoms with Crippen molar-refractivity contribution in [3.63, 3.8) is 0 Å². The summed E-state index contributed by atoms with van der Waals surface area (Å²) in [6.07, 6.45) is 2.66. The average Bonchev–Trinajstić information content (AvgIpc) is 2.50. The van der Waals surface area contributed by atoms with Crippen molar-refractivity contribution in [3.8, 4) is 0 Å². The molecule has 1 nitrogen and oxygen atoms in total. The van der Waals surface area contributed by atoms with E-state index in [0.29, 0.717) is 6.42 Å². The maximum absolute atomic E-state index is 12.4. The van der Waals surface area contributed by atoms with Crippen molar-refractivity contribution in [2.24, 2.45) is 0 Å². The number of hydrogen-bond donors (Lipinski definition) is 0. The summed E-state index contributed by atoms with van der Waals surface area (Å²) >= 11 is 0. The summed E-state index contributed by atoms with van der Waals surface area (Å²) in [6, 6.07) is 18.6. The zero-order chi connectivity index (χ0) is 13.9. The minimum atomic E-state index is 0.257. The van der Waals surface area contributed by atoms with Crippen molar-refractivity contribution in [1.29, 1.82) is 0 Å². The SMILES string of the molecule is CCCCC(=O)c1cccc2cc3ccccc3cc12. The quantitative estimate of drug-likeness (QED) is 0.456. The van der Waals surface area contributed by atoms with Gasteiger partial charge in [0.15, 0.2) is 5.78 Å². The molecule has 0 saturated heterocycles. The molecule has 0 saturated carbocycles. The number of fused-ring (bicyclic) bond motifs is 2. The van der Waals surface area contributed by atoms with Crippen molar-refractivity contribution in [2.75, 3.05) is 0 Å². The van der Waals surface area contributed by atoms with Gasteiger partial charge in [-0.15, -0.1) is 0 Å². The van der Waals surface area contributed by atoms with Gasteiger partial charge in [0.05, 0.1) is 0 Å². The van der Waals surface area contributed by atoms with E-state index in [9.17, 15) is 4.79 Å². The highest BCUT2D eigenvalue weighted by Gasteiger charge is 2.10. The Balaban J connectivity index is 2.17. The summed E-state index contributed by atoms with van der Waals surface area (Å²) in [5, 5.41) is 4.63. The minimum absolute atomic E-state index is 0.257. The van der Waals surface area contributed by atoms with Crippen LogP contribution in [0.15, 0.2) is 54.6 Å². The molecule has 0 aliphatic heterocycles. The standard InChI is InChI=1S/C19H18O/c1-2-3-11-19(20)17-10-6-9-16-12-14-7-4-5-8-15(14)13-18(16)17/h4-10,12-13H,2-3,11H2,1H3. The van der Waals surface area contributed by atoms with Crippen LogP contribution < -0.4 is 0 Å². The molecule has 0 aliphatic carbocycles. The van der Waals surface area contributed by atoms with Crippen LogP contribution >= 0.6 is 0 Å². The number of unbranched alkanes of at least 4 members (excludes halogenated alkanes) is 1. The van der Waals surface area contributed by atoms with Gasteiger partial charge in [-0.3, -0.25) is 4.79 Å². The Morgan fingerprint density at radius 1 is 0.900 bits per heavy atom. The summed E-state index contributed by atoms with van der Waals surface area (Å²) in [4.78, 5) is 12.4. The molecule has 0 atom stereocenters. The van der Waals surface area contributed by atoms with E-state index in [1.165, 1.54) is 10.8 Å². The number of hydrogen-bond acceptors (Lipinski definition) is 1. The zero-order valence-corrected chi connectivity index (χ0v) is 11.7. The van der Waals surface area contributed by atoms with Crippen LogP contribution in [0.3, 0.4) is 0 Å². The summed E-state index contributed by atoms with van der Waals surface area (Å²) in [7, 11) is 0. The Labute approximate surface area is 119 Å². The molecule has 3 rings (SSSR count). The lowest BCUT2D eigenvalue weighted by molar-refractivity contribution is 0.0981. The van der Waals surface area contributed by atoms with Crippen molar-refractivity contribution >= 4 is 27.3 Å². The maximum Gasteiger partial charge on any atom is 0.163 e. The van der Waals surface area contributed by atoms with Crippen LogP contribution in [0.4, 0.5) is 0 Å². The molecule has 0 radical (unpaired) electrons. The van der Waals surface area contributed by atoms with E-state index in [-0.39, 0.29) is 5.78 Å². The lowest BCUT2D eigenvalue weighted by atomic mass is 9.96. The molecule has 0 aromatic heterocycles. The topological polar surface area (TPSA) is 17.1 Å². The third kappa shape index (κ3) is 2.32. The number of carbonyl (C=O) groups excluding carboxylic acids is 1. The smallest absolute Gasteiger partial charge is 0.163 e. The van der Waals surface area contributed by atoms with E-state index >= 15 is 0 Å². The van der Waals surface area contributed by atoms with Gasteiger partial charge in [-0.1, -0.05) is 55.8 Å². The minimum Gasteiger partial charge on any atom is -0.294 e. The lowest BCUT2D eigenvalue weighted by Crippen LogP contribution is -1.99. The Hall–Kier alpha value is -2.15. The van der Waals surface area contributed by atoms with Crippen LogP contribution in [0.5, 0.6) is 0 Å². The van der Waals surface area contributed by atoms with E-state index in [1.54, 1.807) is 0 Å². The molecule has 0 aliphatic rings. The number of carbonyl (C=O) groups is 1. The third-order valence-electron chi connectivity index (χ3n) is 3.80. The van der Waals surface area contributed by atoms with Crippen molar-refractivity contribution in [2.45, 2.75) is 26.2 Å². The van der Waals surface area contributed by atoms with Gasteiger partial charge in [0.25, 0.3) is 0 Å². The van der Waals surface area contributed by atoms with E-state index in [1.807, 2.05) is 24.3 Å². The second kappa shape index (κ2) is 5.46. The normalized spacial score (nSPS) is 11.1. The average molecular weight is 262 g/mol. The highest BCUT2D eigenvalue weighted by molar-refractivity contribution is 6.11. The van der Waals surface area contributed by atoms with Gasteiger partial charge < -0.3 is 0 Å². The maximum atomic E-state index is 12.4. The molecule has 0 unspecified atom stereocenters. The zero-order valence-electron chi connectivity index (χ0n) is 11.7. The lowest BCUT2D eigenvalue weighted by Gasteiger charge is -2.07. The van der Waals surface area contributed by atoms with Crippen LogP contribution in [0.2, 0.25) is 0 Å². The monoisotopic (exact) mass is 262 g/mol. The molecule has 0 N–H and O–H groups in total. The first kappa shape index (κ1) is 12.9. The van der Waals surface area contributed by atoms with Crippen molar-refractivity contribution in [1.82, 2.24) is 0 Å². The molecule has 20 heavy (non-hydrogen) atoms. The molecule has 3 aromatic rings. The first-order chi connectivity index (χ1) is 9.79. The second-order valence-electron chi connectivity index (χ2n) is 5.25. The Kier molecular flexibility index (Phi) is 3.51. The van der Waals surface area contributed by atoms with Crippen LogP contribution in [0.1, 0.15) is 36.5 Å². The van der Waals surface area contributed by atoms with E-state index in [4.69, 9.17) is 0 Å². The van der Waals surface area contributed by atoms with Crippen LogP contribution in [0.25, 0.3) is 21.5 Å². The summed E-state index contributed by atoms with van der Waals surface area (Å²) < 4.78 is 0. The van der Waals surface area contributed by atoms with Gasteiger partial charge in [-0.25, -0.2) is 0 Å². The van der Waals surface area contributed by atoms with E-state index in [0.717, 1.165) is 29.2 Å². The van der Waals surface area contributed by atoms with Gasteiger partial charge in [0.2, 0.25) is 0 Å². The summed E-state index contributed by atoms with van der Waals surface area (Å²) in [5.41, 5.74) is 0.863. The molecule has 0 amide bonds. The fourth-order valence-electron chi connectivity index (χ4n) is 2.68. The number of Topliss-reactive ketones (excluding diaryl/α,β-unsaturated/α-hetero) is 1. The summed E-state index contributed by atoms with van der Waals surface area (Å²) in [6.45, 7) is 2.11. The Bertz CT molecular complexity index is 771. The number of ketones is 1. The Morgan fingerprint density at radius 3 is 2.35 bits per heavy atom. The van der Waals surface area contributed by atoms with E-state index < -0.39 is 0 Å². The molecule has 0 bridgehead atoms. The van der Waals surface area contributed by atoms with Crippen molar-refractivity contribution < 1.29 is 4.79 Å². The van der Waals surface area contributed by atoms with Gasteiger partial charge in [-0.2, -0.15) is 0 Å². The predicted molar refractivity (Wildman–Crippen MR) is 85.3 cm³/mol. The van der Waals surface area contributed by atoms with Crippen LogP contribution in [-0.4, -0.2) is 5.78 Å². The Morgan fingerprint density at radius 2 is 1.60 bits per heavy atom. The molecule has 0 heterocycles. The summed E-state index contributed by atoms with van der Waals surface area (Å²) in [5.74, 6) is 0.257. The first-order valence-electron chi connectivity index (χ1n) is 7.24. The highest BCUT2D eigenvalue weighted by atomic mass is 16.1. The van der Waals surface area contributed by atoms with Gasteiger partial charge in [0.1, 0.15) is 0 Å².